The Bertz CT molecular complexity index is 469. The van der Waals surface area contributed by atoms with Crippen LogP contribution in [0.5, 0.6) is 0 Å². The second-order valence-electron chi connectivity index (χ2n) is 3.17. The van der Waals surface area contributed by atoms with Crippen LogP contribution in [0.1, 0.15) is 29.2 Å². The van der Waals surface area contributed by atoms with Crippen LogP contribution in [0.3, 0.4) is 0 Å². The summed E-state index contributed by atoms with van der Waals surface area (Å²) in [5, 5.41) is 0. The second-order valence-corrected chi connectivity index (χ2v) is 4.66. The average Bonchev–Trinajstić information content (AvgIpc) is 2.39. The third-order valence-electron chi connectivity index (χ3n) is 1.76. The van der Waals surface area contributed by atoms with Crippen LogP contribution in [0.25, 0.3) is 0 Å². The summed E-state index contributed by atoms with van der Waals surface area (Å²) in [6.07, 6.45) is -1.00. The zero-order chi connectivity index (χ0) is 14.7. The number of benzene rings is 1. The van der Waals surface area contributed by atoms with E-state index in [0.717, 1.165) is 5.56 Å². The molecule has 0 unspecified atom stereocenters. The van der Waals surface area contributed by atoms with E-state index in [2.05, 4.69) is 4.72 Å². The number of carbonyl (C=O) groups is 1. The summed E-state index contributed by atoms with van der Waals surface area (Å²) in [6, 6.07) is 8.97. The summed E-state index contributed by atoms with van der Waals surface area (Å²) < 4.78 is 30.8. The Morgan fingerprint density at radius 2 is 1.84 bits per heavy atom. The van der Waals surface area contributed by atoms with Gasteiger partial charge in [0.1, 0.15) is 6.61 Å². The Morgan fingerprint density at radius 1 is 1.26 bits per heavy atom. The van der Waals surface area contributed by atoms with Gasteiger partial charge in [-0.2, -0.15) is 13.1 Å². The SMILES string of the molecule is CC.CCNS(=O)(=O)NC(=O)OCc1ccccc1.[HH].[HH]. The van der Waals surface area contributed by atoms with E-state index < -0.39 is 16.3 Å². The van der Waals surface area contributed by atoms with Crippen molar-refractivity contribution in [2.45, 2.75) is 27.4 Å². The molecule has 1 amide bonds. The van der Waals surface area contributed by atoms with Crippen LogP contribution in [0.4, 0.5) is 4.79 Å². The van der Waals surface area contributed by atoms with E-state index in [-0.39, 0.29) is 16.0 Å². The van der Waals surface area contributed by atoms with Crippen LogP contribution < -0.4 is 9.44 Å². The van der Waals surface area contributed by atoms with E-state index in [1.165, 1.54) is 0 Å². The summed E-state index contributed by atoms with van der Waals surface area (Å²) in [6.45, 7) is 5.82. The van der Waals surface area contributed by atoms with E-state index in [1.807, 2.05) is 19.9 Å². The molecule has 0 aliphatic carbocycles. The van der Waals surface area contributed by atoms with Gasteiger partial charge in [0.15, 0.2) is 0 Å². The minimum atomic E-state index is -3.81. The van der Waals surface area contributed by atoms with Gasteiger partial charge < -0.3 is 4.74 Å². The van der Waals surface area contributed by atoms with E-state index in [4.69, 9.17) is 4.74 Å². The molecule has 2 N–H and O–H groups in total. The maximum Gasteiger partial charge on any atom is 0.422 e. The van der Waals surface area contributed by atoms with E-state index in [9.17, 15) is 13.2 Å². The lowest BCUT2D eigenvalue weighted by atomic mass is 10.2. The lowest BCUT2D eigenvalue weighted by Crippen LogP contribution is -2.40. The topological polar surface area (TPSA) is 84.5 Å². The molecule has 0 saturated heterocycles. The van der Waals surface area contributed by atoms with Gasteiger partial charge in [0.05, 0.1) is 0 Å². The molecule has 19 heavy (non-hydrogen) atoms. The Kier molecular flexibility index (Phi) is 8.56. The van der Waals surface area contributed by atoms with Crippen molar-refractivity contribution in [2.24, 2.45) is 0 Å². The monoisotopic (exact) mass is 292 g/mol. The second kappa shape index (κ2) is 9.35. The molecular weight excluding hydrogens is 268 g/mol. The molecule has 0 fully saturated rings. The highest BCUT2D eigenvalue weighted by molar-refractivity contribution is 7.88. The van der Waals surface area contributed by atoms with Gasteiger partial charge in [0, 0.05) is 9.40 Å². The molecule has 0 aliphatic rings. The molecule has 6 nitrogen and oxygen atoms in total. The Morgan fingerprint density at radius 3 is 2.37 bits per heavy atom. The number of rotatable bonds is 5. The van der Waals surface area contributed by atoms with Crippen molar-refractivity contribution >= 4 is 16.3 Å². The van der Waals surface area contributed by atoms with E-state index in [0.29, 0.717) is 0 Å². The summed E-state index contributed by atoms with van der Waals surface area (Å²) in [7, 11) is -3.81. The highest BCUT2D eigenvalue weighted by Crippen LogP contribution is 2.00. The van der Waals surface area contributed by atoms with Gasteiger partial charge in [-0.25, -0.2) is 9.52 Å². The summed E-state index contributed by atoms with van der Waals surface area (Å²) in [5.41, 5.74) is 0.781. The molecule has 0 bridgehead atoms. The lowest BCUT2D eigenvalue weighted by molar-refractivity contribution is 0.146. The van der Waals surface area contributed by atoms with Gasteiger partial charge in [-0.15, -0.1) is 0 Å². The molecule has 0 aromatic heterocycles. The lowest BCUT2D eigenvalue weighted by Gasteiger charge is -2.07. The summed E-state index contributed by atoms with van der Waals surface area (Å²) >= 11 is 0. The quantitative estimate of drug-likeness (QED) is 0.872. The molecule has 0 radical (unpaired) electrons. The van der Waals surface area contributed by atoms with Crippen molar-refractivity contribution < 1.29 is 20.8 Å². The number of ether oxygens (including phenoxy) is 1. The Hall–Kier alpha value is -1.60. The molecule has 0 atom stereocenters. The minimum absolute atomic E-state index is 0. The smallest absolute Gasteiger partial charge is 0.422 e. The zero-order valence-electron chi connectivity index (χ0n) is 11.3. The van der Waals surface area contributed by atoms with Crippen molar-refractivity contribution in [1.82, 2.24) is 9.44 Å². The van der Waals surface area contributed by atoms with Gasteiger partial charge in [0.2, 0.25) is 0 Å². The molecule has 0 saturated carbocycles. The predicted octanol–water partition coefficient (Wildman–Crippen LogP) is 2.29. The standard InChI is InChI=1S/C10H14N2O4S.C2H6.2H2/c1-2-11-17(14,15)12-10(13)16-8-9-6-4-3-5-7-9;1-2;;/h3-7,11H,2,8H2,1H3,(H,12,13);1-2H3;2*1H. The van der Waals surface area contributed by atoms with Gasteiger partial charge >= 0.3 is 16.3 Å². The number of nitrogens with one attached hydrogen (secondary N) is 2. The van der Waals surface area contributed by atoms with Crippen molar-refractivity contribution in [2.75, 3.05) is 6.54 Å². The number of carbonyl (C=O) groups excluding carboxylic acids is 1. The van der Waals surface area contributed by atoms with Crippen molar-refractivity contribution in [3.63, 3.8) is 0 Å². The number of hydrogen-bond acceptors (Lipinski definition) is 4. The van der Waals surface area contributed by atoms with Crippen LogP contribution >= 0.6 is 0 Å². The molecule has 112 valence electrons. The van der Waals surface area contributed by atoms with Crippen LogP contribution in [0, 0.1) is 0 Å². The fraction of sp³-hybridized carbons (Fsp3) is 0.417. The van der Waals surface area contributed by atoms with Crippen LogP contribution in [0.2, 0.25) is 0 Å². The van der Waals surface area contributed by atoms with Crippen LogP contribution in [0.15, 0.2) is 30.3 Å². The average molecular weight is 292 g/mol. The van der Waals surface area contributed by atoms with Crippen molar-refractivity contribution in [3.05, 3.63) is 35.9 Å². The fourth-order valence-corrected chi connectivity index (χ4v) is 1.82. The maximum atomic E-state index is 11.2. The van der Waals surface area contributed by atoms with Gasteiger partial charge in [-0.05, 0) is 5.56 Å². The van der Waals surface area contributed by atoms with Gasteiger partial charge in [-0.1, -0.05) is 51.1 Å². The Labute approximate surface area is 117 Å². The zero-order valence-corrected chi connectivity index (χ0v) is 12.2. The van der Waals surface area contributed by atoms with E-state index in [1.54, 1.807) is 35.9 Å². The molecule has 0 spiro atoms. The molecule has 1 aromatic carbocycles. The van der Waals surface area contributed by atoms with Crippen LogP contribution in [-0.4, -0.2) is 21.1 Å². The number of amides is 1. The molecule has 1 rings (SSSR count). The highest BCUT2D eigenvalue weighted by atomic mass is 32.2. The van der Waals surface area contributed by atoms with Crippen LogP contribution in [-0.2, 0) is 21.6 Å². The normalized spacial score (nSPS) is 10.1. The van der Waals surface area contributed by atoms with E-state index >= 15 is 0 Å². The number of hydrogen-bond donors (Lipinski definition) is 2. The molecule has 1 aromatic rings. The summed E-state index contributed by atoms with van der Waals surface area (Å²) in [5.74, 6) is 0. The first-order valence-corrected chi connectivity index (χ1v) is 7.50. The first-order valence-electron chi connectivity index (χ1n) is 6.01. The third kappa shape index (κ3) is 8.17. The Balaban J connectivity index is -0.000000774. The van der Waals surface area contributed by atoms with Gasteiger partial charge in [-0.3, -0.25) is 0 Å². The molecule has 7 heteroatoms. The molecule has 0 aliphatic heterocycles. The molecule has 0 heterocycles. The first kappa shape index (κ1) is 17.4. The van der Waals surface area contributed by atoms with Crippen molar-refractivity contribution in [3.8, 4) is 0 Å². The third-order valence-corrected chi connectivity index (χ3v) is 2.87. The van der Waals surface area contributed by atoms with Gasteiger partial charge in [0.25, 0.3) is 0 Å². The first-order chi connectivity index (χ1) is 9.03. The molecular formula is C12H24N2O4S. The van der Waals surface area contributed by atoms with Crippen molar-refractivity contribution in [1.29, 1.82) is 0 Å². The largest absolute Gasteiger partial charge is 0.444 e. The fourth-order valence-electron chi connectivity index (χ4n) is 1.09. The summed E-state index contributed by atoms with van der Waals surface area (Å²) in [4.78, 5) is 11.2. The maximum absolute atomic E-state index is 11.2. The highest BCUT2D eigenvalue weighted by Gasteiger charge is 2.13. The predicted molar refractivity (Wildman–Crippen MR) is 77.9 cm³/mol. The minimum Gasteiger partial charge on any atom is -0.444 e.